The van der Waals surface area contributed by atoms with E-state index >= 15 is 0 Å². The number of benzene rings is 2. The quantitative estimate of drug-likeness (QED) is 0.781. The maximum absolute atomic E-state index is 12.6. The summed E-state index contributed by atoms with van der Waals surface area (Å²) in [6.07, 6.45) is 0.682. The first kappa shape index (κ1) is 17.5. The van der Waals surface area contributed by atoms with Gasteiger partial charge in [0.1, 0.15) is 5.75 Å². The van der Waals surface area contributed by atoms with Crippen molar-refractivity contribution in [3.8, 4) is 5.75 Å². The van der Waals surface area contributed by atoms with Gasteiger partial charge in [0.25, 0.3) is 0 Å². The zero-order chi connectivity index (χ0) is 17.4. The maximum atomic E-state index is 12.6. The predicted molar refractivity (Wildman–Crippen MR) is 90.5 cm³/mol. The smallest absolute Gasteiger partial charge is 0.303 e. The van der Waals surface area contributed by atoms with Crippen molar-refractivity contribution in [2.45, 2.75) is 25.8 Å². The van der Waals surface area contributed by atoms with Crippen LogP contribution < -0.4 is 0 Å². The van der Waals surface area contributed by atoms with E-state index < -0.39 is 5.97 Å². The van der Waals surface area contributed by atoms with Crippen LogP contribution in [0.25, 0.3) is 0 Å². The highest BCUT2D eigenvalue weighted by molar-refractivity contribution is 5.79. The Morgan fingerprint density at radius 2 is 1.58 bits per heavy atom. The molecule has 5 nitrogen and oxygen atoms in total. The van der Waals surface area contributed by atoms with E-state index in [-0.39, 0.29) is 24.5 Å². The van der Waals surface area contributed by atoms with Gasteiger partial charge in [-0.05, 0) is 29.7 Å². The molecule has 0 fully saturated rings. The van der Waals surface area contributed by atoms with Crippen molar-refractivity contribution < 1.29 is 19.8 Å². The molecule has 2 N–H and O–H groups in total. The topological polar surface area (TPSA) is 77.8 Å². The van der Waals surface area contributed by atoms with E-state index in [1.165, 1.54) is 0 Å². The lowest BCUT2D eigenvalue weighted by Crippen LogP contribution is -2.33. The Morgan fingerprint density at radius 1 is 0.917 bits per heavy atom. The highest BCUT2D eigenvalue weighted by Gasteiger charge is 2.15. The summed E-state index contributed by atoms with van der Waals surface area (Å²) in [6.45, 7) is 0.857. The molecule has 2 aromatic carbocycles. The van der Waals surface area contributed by atoms with E-state index in [2.05, 4.69) is 0 Å². The molecule has 2 rings (SSSR count). The second-order valence-corrected chi connectivity index (χ2v) is 5.64. The molecule has 0 aliphatic carbocycles. The number of nitrogens with zero attached hydrogens (tertiary/aromatic N) is 1. The fourth-order valence-corrected chi connectivity index (χ4v) is 2.42. The first-order chi connectivity index (χ1) is 11.5. The number of carboxylic acid groups (broad SMARTS) is 1. The molecule has 1 amide bonds. The number of phenols is 1. The number of aromatic hydroxyl groups is 1. The van der Waals surface area contributed by atoms with E-state index in [0.29, 0.717) is 19.5 Å². The molecule has 0 saturated carbocycles. The van der Waals surface area contributed by atoms with Gasteiger partial charge in [0.2, 0.25) is 5.91 Å². The van der Waals surface area contributed by atoms with Crippen LogP contribution in [0.3, 0.4) is 0 Å². The molecule has 126 valence electrons. The summed E-state index contributed by atoms with van der Waals surface area (Å²) in [6, 6.07) is 16.1. The second-order valence-electron chi connectivity index (χ2n) is 5.64. The molecule has 0 bridgehead atoms. The summed E-state index contributed by atoms with van der Waals surface area (Å²) in [4.78, 5) is 25.0. The molecule has 24 heavy (non-hydrogen) atoms. The van der Waals surface area contributed by atoms with Crippen molar-refractivity contribution in [2.75, 3.05) is 6.54 Å². The van der Waals surface area contributed by atoms with Crippen molar-refractivity contribution in [3.63, 3.8) is 0 Å². The minimum Gasteiger partial charge on any atom is -0.508 e. The summed E-state index contributed by atoms with van der Waals surface area (Å²) in [5.74, 6) is -0.760. The van der Waals surface area contributed by atoms with Crippen LogP contribution in [-0.4, -0.2) is 33.5 Å². The molecule has 2 aromatic rings. The average molecular weight is 327 g/mol. The number of hydrogen-bond acceptors (Lipinski definition) is 3. The number of rotatable bonds is 8. The SMILES string of the molecule is O=C(O)CCCN(Cc1ccccc1)C(=O)Cc1ccc(O)cc1. The van der Waals surface area contributed by atoms with Crippen molar-refractivity contribution in [2.24, 2.45) is 0 Å². The van der Waals surface area contributed by atoms with Crippen molar-refractivity contribution in [1.82, 2.24) is 4.90 Å². The zero-order valence-electron chi connectivity index (χ0n) is 13.4. The Labute approximate surface area is 141 Å². The van der Waals surface area contributed by atoms with Gasteiger partial charge >= 0.3 is 5.97 Å². The summed E-state index contributed by atoms with van der Waals surface area (Å²) < 4.78 is 0. The largest absolute Gasteiger partial charge is 0.508 e. The first-order valence-electron chi connectivity index (χ1n) is 7.86. The molecule has 0 aliphatic heterocycles. The maximum Gasteiger partial charge on any atom is 0.303 e. The average Bonchev–Trinajstić information content (AvgIpc) is 2.56. The number of carbonyl (C=O) groups excluding carboxylic acids is 1. The van der Waals surface area contributed by atoms with Crippen LogP contribution in [0.5, 0.6) is 5.75 Å². The standard InChI is InChI=1S/C19H21NO4/c21-17-10-8-15(9-11-17)13-18(22)20(12-4-7-19(23)24)14-16-5-2-1-3-6-16/h1-3,5-6,8-11,21H,4,7,12-14H2,(H,23,24). The number of amides is 1. The highest BCUT2D eigenvalue weighted by Crippen LogP contribution is 2.13. The van der Waals surface area contributed by atoms with Gasteiger partial charge in [-0.3, -0.25) is 9.59 Å². The minimum atomic E-state index is -0.861. The van der Waals surface area contributed by atoms with Gasteiger partial charge in [-0.1, -0.05) is 42.5 Å². The highest BCUT2D eigenvalue weighted by atomic mass is 16.4. The molecule has 0 heterocycles. The minimum absolute atomic E-state index is 0.0395. The molecule has 0 unspecified atom stereocenters. The monoisotopic (exact) mass is 327 g/mol. The number of aliphatic carboxylic acids is 1. The van der Waals surface area contributed by atoms with E-state index in [9.17, 15) is 14.7 Å². The lowest BCUT2D eigenvalue weighted by Gasteiger charge is -2.23. The third kappa shape index (κ3) is 5.76. The van der Waals surface area contributed by atoms with Crippen LogP contribution in [0.1, 0.15) is 24.0 Å². The van der Waals surface area contributed by atoms with Crippen molar-refractivity contribution in [1.29, 1.82) is 0 Å². The summed E-state index contributed by atoms with van der Waals surface area (Å²) in [5, 5.41) is 18.1. The van der Waals surface area contributed by atoms with E-state index in [1.54, 1.807) is 29.2 Å². The number of carboxylic acids is 1. The Bertz CT molecular complexity index is 668. The second kappa shape index (κ2) is 8.72. The Balaban J connectivity index is 2.03. The Kier molecular flexibility index (Phi) is 6.37. The van der Waals surface area contributed by atoms with Crippen LogP contribution in [-0.2, 0) is 22.6 Å². The van der Waals surface area contributed by atoms with Gasteiger partial charge < -0.3 is 15.1 Å². The van der Waals surface area contributed by atoms with Gasteiger partial charge in [-0.15, -0.1) is 0 Å². The third-order valence-electron chi connectivity index (χ3n) is 3.68. The van der Waals surface area contributed by atoms with Crippen molar-refractivity contribution in [3.05, 3.63) is 65.7 Å². The molecule has 0 atom stereocenters. The molecule has 0 aliphatic rings. The van der Waals surface area contributed by atoms with Gasteiger partial charge in [-0.2, -0.15) is 0 Å². The first-order valence-corrected chi connectivity index (χ1v) is 7.86. The molecule has 0 radical (unpaired) electrons. The van der Waals surface area contributed by atoms with Crippen LogP contribution in [0.15, 0.2) is 54.6 Å². The predicted octanol–water partition coefficient (Wildman–Crippen LogP) is 2.83. The molecular formula is C19H21NO4. The third-order valence-corrected chi connectivity index (χ3v) is 3.68. The fourth-order valence-electron chi connectivity index (χ4n) is 2.42. The normalized spacial score (nSPS) is 10.3. The molecule has 0 aromatic heterocycles. The summed E-state index contributed by atoms with van der Waals surface area (Å²) >= 11 is 0. The Hall–Kier alpha value is -2.82. The number of phenolic OH excluding ortho intramolecular Hbond substituents is 1. The van der Waals surface area contributed by atoms with Gasteiger partial charge in [0.05, 0.1) is 6.42 Å². The van der Waals surface area contributed by atoms with Gasteiger partial charge in [0, 0.05) is 19.5 Å². The van der Waals surface area contributed by atoms with Crippen LogP contribution in [0.4, 0.5) is 0 Å². The summed E-state index contributed by atoms with van der Waals surface area (Å²) in [7, 11) is 0. The molecule has 5 heteroatoms. The van der Waals surface area contributed by atoms with E-state index in [1.807, 2.05) is 30.3 Å². The summed E-state index contributed by atoms with van der Waals surface area (Å²) in [5.41, 5.74) is 1.82. The number of hydrogen-bond donors (Lipinski definition) is 2. The van der Waals surface area contributed by atoms with Crippen LogP contribution in [0, 0.1) is 0 Å². The van der Waals surface area contributed by atoms with Crippen LogP contribution >= 0.6 is 0 Å². The fraction of sp³-hybridized carbons (Fsp3) is 0.263. The molecule has 0 saturated heterocycles. The lowest BCUT2D eigenvalue weighted by molar-refractivity contribution is -0.138. The van der Waals surface area contributed by atoms with Gasteiger partial charge in [-0.25, -0.2) is 0 Å². The Morgan fingerprint density at radius 3 is 2.21 bits per heavy atom. The number of carbonyl (C=O) groups is 2. The van der Waals surface area contributed by atoms with Crippen molar-refractivity contribution >= 4 is 11.9 Å². The molecule has 0 spiro atoms. The lowest BCUT2D eigenvalue weighted by atomic mass is 10.1. The zero-order valence-corrected chi connectivity index (χ0v) is 13.4. The van der Waals surface area contributed by atoms with Gasteiger partial charge in [0.15, 0.2) is 0 Å². The van der Waals surface area contributed by atoms with E-state index in [4.69, 9.17) is 5.11 Å². The molecular weight excluding hydrogens is 306 g/mol. The van der Waals surface area contributed by atoms with Crippen LogP contribution in [0.2, 0.25) is 0 Å². The van der Waals surface area contributed by atoms with E-state index in [0.717, 1.165) is 11.1 Å².